The quantitative estimate of drug-likeness (QED) is 0.255. The van der Waals surface area contributed by atoms with Gasteiger partial charge in [-0.2, -0.15) is 0 Å². The van der Waals surface area contributed by atoms with E-state index in [0.717, 1.165) is 4.48 Å². The summed E-state index contributed by atoms with van der Waals surface area (Å²) in [6, 6.07) is 20.4. The molecule has 4 rings (SSSR count). The first-order valence-corrected chi connectivity index (χ1v) is 8.99. The summed E-state index contributed by atoms with van der Waals surface area (Å²) in [6.07, 6.45) is 3.72. The second-order valence-corrected chi connectivity index (χ2v) is 8.05. The molecule has 0 saturated carbocycles. The molecule has 4 aromatic rings. The van der Waals surface area contributed by atoms with Crippen molar-refractivity contribution in [1.29, 1.82) is 0 Å². The van der Waals surface area contributed by atoms with Crippen molar-refractivity contribution in [2.24, 2.45) is 0 Å². The first-order chi connectivity index (χ1) is 11.5. The third kappa shape index (κ3) is 2.74. The topological polar surface area (TPSA) is 0 Å². The monoisotopic (exact) mass is 316 g/mol. The van der Waals surface area contributed by atoms with E-state index in [1.165, 1.54) is 63.7 Å². The zero-order chi connectivity index (χ0) is 16.7. The molecule has 4 aromatic carbocycles. The van der Waals surface area contributed by atoms with E-state index in [2.05, 4.69) is 75.7 Å². The third-order valence-corrected chi connectivity index (χ3v) is 5.14. The normalized spacial score (nSPS) is 12.6. The van der Waals surface area contributed by atoms with E-state index < -0.39 is 0 Å². The predicted octanol–water partition coefficient (Wildman–Crippen LogP) is 5.61. The maximum Gasteiger partial charge on any atom is 0.0780 e. The Labute approximate surface area is 144 Å². The minimum atomic E-state index is 1.05. The highest BCUT2D eigenvalue weighted by Crippen LogP contribution is 2.36. The Morgan fingerprint density at radius 2 is 1.29 bits per heavy atom. The van der Waals surface area contributed by atoms with Gasteiger partial charge in [-0.25, -0.2) is 0 Å². The Bertz CT molecular complexity index is 976. The fourth-order valence-electron chi connectivity index (χ4n) is 3.92. The van der Waals surface area contributed by atoms with Crippen molar-refractivity contribution in [2.45, 2.75) is 19.3 Å². The molecule has 0 N–H and O–H groups in total. The number of hydrogen-bond donors (Lipinski definition) is 0. The minimum absolute atomic E-state index is 1.05. The second-order valence-electron chi connectivity index (χ2n) is 8.05. The number of unbranched alkanes of at least 4 members (excludes halogenated alkanes) is 1. The summed E-state index contributed by atoms with van der Waals surface area (Å²) in [5.74, 6) is 0. The van der Waals surface area contributed by atoms with Crippen LogP contribution in [0.3, 0.4) is 0 Å². The lowest BCUT2D eigenvalue weighted by atomic mass is 9.90. The van der Waals surface area contributed by atoms with Crippen LogP contribution in [0.15, 0.2) is 54.6 Å². The van der Waals surface area contributed by atoms with Gasteiger partial charge in [0.15, 0.2) is 0 Å². The molecule has 122 valence electrons. The van der Waals surface area contributed by atoms with E-state index in [0.29, 0.717) is 0 Å². The lowest BCUT2D eigenvalue weighted by Crippen LogP contribution is -2.35. The van der Waals surface area contributed by atoms with Crippen LogP contribution < -0.4 is 0 Å². The van der Waals surface area contributed by atoms with Gasteiger partial charge >= 0.3 is 0 Å². The van der Waals surface area contributed by atoms with Gasteiger partial charge in [0.05, 0.1) is 27.7 Å². The van der Waals surface area contributed by atoms with Crippen LogP contribution in [0.2, 0.25) is 0 Å². The molecule has 0 unspecified atom stereocenters. The van der Waals surface area contributed by atoms with Crippen molar-refractivity contribution < 1.29 is 4.48 Å². The average Bonchev–Trinajstić information content (AvgIpc) is 2.56. The Kier molecular flexibility index (Phi) is 3.69. The number of hydrogen-bond acceptors (Lipinski definition) is 0. The fraction of sp³-hybridized carbons (Fsp3) is 0.304. The van der Waals surface area contributed by atoms with Crippen LogP contribution in [0.1, 0.15) is 18.4 Å². The molecule has 0 aliphatic heterocycles. The zero-order valence-corrected chi connectivity index (χ0v) is 15.0. The van der Waals surface area contributed by atoms with Gasteiger partial charge < -0.3 is 4.48 Å². The summed E-state index contributed by atoms with van der Waals surface area (Å²) in [7, 11) is 6.82. The van der Waals surface area contributed by atoms with Gasteiger partial charge in [-0.1, -0.05) is 54.6 Å². The molecule has 0 heterocycles. The minimum Gasteiger partial charge on any atom is -0.331 e. The molecular weight excluding hydrogens is 290 g/mol. The second kappa shape index (κ2) is 5.75. The van der Waals surface area contributed by atoms with Crippen LogP contribution in [0.25, 0.3) is 32.3 Å². The van der Waals surface area contributed by atoms with Crippen molar-refractivity contribution in [1.82, 2.24) is 0 Å². The summed E-state index contributed by atoms with van der Waals surface area (Å²) >= 11 is 0. The van der Waals surface area contributed by atoms with Gasteiger partial charge in [0.25, 0.3) is 0 Å². The number of quaternary nitrogens is 1. The SMILES string of the molecule is C[N+](C)(C)CCCCc1ccc2ccc3cccc4ccc1c2c34. The Hall–Kier alpha value is -2.12. The molecule has 0 aliphatic carbocycles. The van der Waals surface area contributed by atoms with Crippen LogP contribution in [-0.2, 0) is 6.42 Å². The van der Waals surface area contributed by atoms with Crippen LogP contribution in [-0.4, -0.2) is 32.2 Å². The molecule has 0 spiro atoms. The zero-order valence-electron chi connectivity index (χ0n) is 15.0. The van der Waals surface area contributed by atoms with E-state index in [-0.39, 0.29) is 0 Å². The van der Waals surface area contributed by atoms with Crippen molar-refractivity contribution in [2.75, 3.05) is 27.7 Å². The smallest absolute Gasteiger partial charge is 0.0780 e. The molecule has 0 saturated heterocycles. The van der Waals surface area contributed by atoms with Crippen molar-refractivity contribution in [3.8, 4) is 0 Å². The first kappa shape index (κ1) is 15.4. The molecule has 1 heteroatoms. The van der Waals surface area contributed by atoms with Crippen LogP contribution >= 0.6 is 0 Å². The van der Waals surface area contributed by atoms with Crippen LogP contribution in [0.5, 0.6) is 0 Å². The molecule has 0 amide bonds. The maximum atomic E-state index is 2.34. The fourth-order valence-corrected chi connectivity index (χ4v) is 3.92. The highest BCUT2D eigenvalue weighted by molar-refractivity contribution is 6.23. The maximum absolute atomic E-state index is 2.34. The molecule has 1 nitrogen and oxygen atoms in total. The van der Waals surface area contributed by atoms with Crippen LogP contribution in [0.4, 0.5) is 0 Å². The summed E-state index contributed by atoms with van der Waals surface area (Å²) < 4.78 is 1.05. The van der Waals surface area contributed by atoms with Gasteiger partial charge in [-0.05, 0) is 57.1 Å². The van der Waals surface area contributed by atoms with E-state index in [1.807, 2.05) is 0 Å². The third-order valence-electron chi connectivity index (χ3n) is 5.14. The van der Waals surface area contributed by atoms with E-state index in [9.17, 15) is 0 Å². The van der Waals surface area contributed by atoms with Crippen molar-refractivity contribution >= 4 is 32.3 Å². The van der Waals surface area contributed by atoms with Crippen LogP contribution in [0, 0.1) is 0 Å². The Morgan fingerprint density at radius 3 is 2.00 bits per heavy atom. The molecule has 0 atom stereocenters. The summed E-state index contributed by atoms with van der Waals surface area (Å²) in [4.78, 5) is 0. The van der Waals surface area contributed by atoms with Crippen molar-refractivity contribution in [3.63, 3.8) is 0 Å². The summed E-state index contributed by atoms with van der Waals surface area (Å²) in [6.45, 7) is 1.24. The van der Waals surface area contributed by atoms with E-state index in [4.69, 9.17) is 0 Å². The lowest BCUT2D eigenvalue weighted by Gasteiger charge is -2.23. The highest BCUT2D eigenvalue weighted by Gasteiger charge is 2.11. The molecule has 0 aromatic heterocycles. The molecule has 24 heavy (non-hydrogen) atoms. The summed E-state index contributed by atoms with van der Waals surface area (Å²) in [5.41, 5.74) is 1.50. The van der Waals surface area contributed by atoms with E-state index in [1.54, 1.807) is 0 Å². The molecular formula is C23H26N+. The largest absolute Gasteiger partial charge is 0.331 e. The first-order valence-electron chi connectivity index (χ1n) is 8.99. The summed E-state index contributed by atoms with van der Waals surface area (Å²) in [5, 5.41) is 8.41. The highest BCUT2D eigenvalue weighted by atomic mass is 15.3. The van der Waals surface area contributed by atoms with Gasteiger partial charge in [0, 0.05) is 0 Å². The standard InChI is InChI=1S/C23H26N/c1-24(2,3)16-5-4-7-17-10-11-20-13-12-18-8-6-9-19-14-15-21(17)23(20)22(18)19/h6,8-15H,4-5,7,16H2,1-3H3/q+1. The van der Waals surface area contributed by atoms with Gasteiger partial charge in [-0.15, -0.1) is 0 Å². The lowest BCUT2D eigenvalue weighted by molar-refractivity contribution is -0.870. The number of nitrogens with zero attached hydrogens (tertiary/aromatic N) is 1. The van der Waals surface area contributed by atoms with Gasteiger partial charge in [0.2, 0.25) is 0 Å². The molecule has 0 bridgehead atoms. The predicted molar refractivity (Wildman–Crippen MR) is 106 cm³/mol. The Balaban J connectivity index is 1.74. The number of aryl methyl sites for hydroxylation is 1. The van der Waals surface area contributed by atoms with Crippen molar-refractivity contribution in [3.05, 3.63) is 60.2 Å². The number of benzene rings is 4. The van der Waals surface area contributed by atoms with Gasteiger partial charge in [-0.3, -0.25) is 0 Å². The molecule has 0 aliphatic rings. The Morgan fingerprint density at radius 1 is 0.667 bits per heavy atom. The molecule has 0 radical (unpaired) electrons. The van der Waals surface area contributed by atoms with Gasteiger partial charge in [0.1, 0.15) is 0 Å². The number of rotatable bonds is 5. The average molecular weight is 316 g/mol. The van der Waals surface area contributed by atoms with E-state index >= 15 is 0 Å². The molecule has 0 fully saturated rings.